The van der Waals surface area contributed by atoms with Gasteiger partial charge in [-0.1, -0.05) is 6.42 Å². The first kappa shape index (κ1) is 14.7. The van der Waals surface area contributed by atoms with Crippen molar-refractivity contribution in [3.8, 4) is 0 Å². The predicted octanol–water partition coefficient (Wildman–Crippen LogP) is 1.74. The Morgan fingerprint density at radius 2 is 2.35 bits per heavy atom. The molecular weight excluding hydrogens is 258 g/mol. The molecule has 0 radical (unpaired) electrons. The van der Waals surface area contributed by atoms with Crippen LogP contribution >= 0.6 is 23.7 Å². The third-order valence-corrected chi connectivity index (χ3v) is 3.97. The van der Waals surface area contributed by atoms with E-state index in [1.165, 1.54) is 16.2 Å². The molecule has 0 amide bonds. The van der Waals surface area contributed by atoms with Gasteiger partial charge in [0.1, 0.15) is 0 Å². The quantitative estimate of drug-likeness (QED) is 0.880. The molecule has 0 spiro atoms. The zero-order valence-electron chi connectivity index (χ0n) is 10.0. The highest BCUT2D eigenvalue weighted by atomic mass is 35.5. The molecule has 0 bridgehead atoms. The number of nitrogen functional groups attached to an aromatic ring is 1. The lowest BCUT2D eigenvalue weighted by atomic mass is 10.1. The molecule has 0 saturated heterocycles. The van der Waals surface area contributed by atoms with E-state index in [0.29, 0.717) is 11.0 Å². The first-order valence-electron chi connectivity index (χ1n) is 5.72. The number of thiazole rings is 1. The molecule has 1 fully saturated rings. The van der Waals surface area contributed by atoms with Crippen molar-refractivity contribution in [3.63, 3.8) is 0 Å². The summed E-state index contributed by atoms with van der Waals surface area (Å²) >= 11 is 1.54. The molecular formula is C11H20ClN3OS. The Bertz CT molecular complexity index is 347. The van der Waals surface area contributed by atoms with E-state index in [0.717, 1.165) is 32.4 Å². The summed E-state index contributed by atoms with van der Waals surface area (Å²) < 4.78 is 0. The van der Waals surface area contributed by atoms with Crippen LogP contribution in [0.25, 0.3) is 0 Å². The van der Waals surface area contributed by atoms with Crippen molar-refractivity contribution >= 4 is 28.9 Å². The van der Waals surface area contributed by atoms with E-state index in [1.54, 1.807) is 0 Å². The van der Waals surface area contributed by atoms with Gasteiger partial charge in [-0.3, -0.25) is 0 Å². The van der Waals surface area contributed by atoms with Gasteiger partial charge < -0.3 is 15.7 Å². The van der Waals surface area contributed by atoms with Gasteiger partial charge in [0.2, 0.25) is 0 Å². The van der Waals surface area contributed by atoms with E-state index in [-0.39, 0.29) is 18.5 Å². The minimum atomic E-state index is -0.103. The molecule has 0 aromatic carbocycles. The second-order valence-corrected chi connectivity index (χ2v) is 5.77. The smallest absolute Gasteiger partial charge is 0.180 e. The number of rotatable bonds is 4. The van der Waals surface area contributed by atoms with E-state index in [2.05, 4.69) is 16.9 Å². The average Bonchev–Trinajstić information content (AvgIpc) is 2.77. The lowest BCUT2D eigenvalue weighted by Crippen LogP contribution is -2.29. The monoisotopic (exact) mass is 277 g/mol. The van der Waals surface area contributed by atoms with Crippen LogP contribution in [0.5, 0.6) is 0 Å². The molecule has 2 unspecified atom stereocenters. The van der Waals surface area contributed by atoms with Crippen molar-refractivity contribution in [1.82, 2.24) is 9.88 Å². The van der Waals surface area contributed by atoms with Crippen LogP contribution < -0.4 is 5.73 Å². The number of aliphatic hydroxyl groups excluding tert-OH is 1. The first-order valence-corrected chi connectivity index (χ1v) is 6.53. The standard InChI is InChI=1S/C11H19N3OS.ClH/c1-14(6-8-3-2-4-10(8)15)7-9-5-13-11(12)16-9;/h5,8,10,15H,2-4,6-7H2,1H3,(H2,12,13);1H. The number of hydrogen-bond donors (Lipinski definition) is 2. The largest absolute Gasteiger partial charge is 0.393 e. The van der Waals surface area contributed by atoms with Gasteiger partial charge in [-0.25, -0.2) is 4.98 Å². The molecule has 1 aliphatic carbocycles. The molecule has 1 aromatic heterocycles. The molecule has 1 aliphatic rings. The topological polar surface area (TPSA) is 62.4 Å². The van der Waals surface area contributed by atoms with Crippen LogP contribution in [0.1, 0.15) is 24.1 Å². The van der Waals surface area contributed by atoms with Crippen LogP contribution in [0.2, 0.25) is 0 Å². The summed E-state index contributed by atoms with van der Waals surface area (Å²) in [6, 6.07) is 0. The summed E-state index contributed by atoms with van der Waals surface area (Å²) in [5.41, 5.74) is 5.59. The number of nitrogens with two attached hydrogens (primary N) is 1. The molecule has 1 aromatic rings. The fraction of sp³-hybridized carbons (Fsp3) is 0.727. The van der Waals surface area contributed by atoms with Gasteiger partial charge in [0.25, 0.3) is 0 Å². The molecule has 98 valence electrons. The molecule has 2 rings (SSSR count). The normalized spacial score (nSPS) is 23.9. The van der Waals surface area contributed by atoms with E-state index in [9.17, 15) is 5.11 Å². The van der Waals surface area contributed by atoms with Gasteiger partial charge >= 0.3 is 0 Å². The highest BCUT2D eigenvalue weighted by molar-refractivity contribution is 7.15. The highest BCUT2D eigenvalue weighted by Crippen LogP contribution is 2.26. The molecule has 1 saturated carbocycles. The Kier molecular flexibility index (Phi) is 5.66. The molecule has 2 atom stereocenters. The number of hydrogen-bond acceptors (Lipinski definition) is 5. The molecule has 17 heavy (non-hydrogen) atoms. The Morgan fingerprint density at radius 3 is 2.88 bits per heavy atom. The van der Waals surface area contributed by atoms with Crippen LogP contribution in [0.3, 0.4) is 0 Å². The van der Waals surface area contributed by atoms with Crippen LogP contribution in [0.4, 0.5) is 5.13 Å². The van der Waals surface area contributed by atoms with Gasteiger partial charge in [0, 0.05) is 24.2 Å². The zero-order valence-corrected chi connectivity index (χ0v) is 11.6. The van der Waals surface area contributed by atoms with Gasteiger partial charge in [-0.05, 0) is 25.8 Å². The lowest BCUT2D eigenvalue weighted by Gasteiger charge is -2.22. The van der Waals surface area contributed by atoms with Crippen LogP contribution in [-0.2, 0) is 6.54 Å². The lowest BCUT2D eigenvalue weighted by molar-refractivity contribution is 0.108. The van der Waals surface area contributed by atoms with E-state index in [1.807, 2.05) is 6.20 Å². The first-order chi connectivity index (χ1) is 7.65. The van der Waals surface area contributed by atoms with Gasteiger partial charge in [0.15, 0.2) is 5.13 Å². The fourth-order valence-electron chi connectivity index (χ4n) is 2.36. The summed E-state index contributed by atoms with van der Waals surface area (Å²) in [4.78, 5) is 7.47. The number of nitrogens with zero attached hydrogens (tertiary/aromatic N) is 2. The molecule has 1 heterocycles. The SMILES string of the molecule is CN(Cc1cnc(N)s1)CC1CCCC1O.Cl. The number of anilines is 1. The molecule has 4 nitrogen and oxygen atoms in total. The molecule has 3 N–H and O–H groups in total. The fourth-order valence-corrected chi connectivity index (χ4v) is 3.12. The van der Waals surface area contributed by atoms with Crippen molar-refractivity contribution in [2.24, 2.45) is 5.92 Å². The van der Waals surface area contributed by atoms with Gasteiger partial charge in [-0.2, -0.15) is 0 Å². The molecule has 6 heteroatoms. The number of aromatic nitrogens is 1. The Hall–Kier alpha value is -0.360. The number of aliphatic hydroxyl groups is 1. The summed E-state index contributed by atoms with van der Waals surface area (Å²) in [6.45, 7) is 1.83. The van der Waals surface area contributed by atoms with Crippen LogP contribution in [0, 0.1) is 5.92 Å². The van der Waals surface area contributed by atoms with Crippen molar-refractivity contribution in [3.05, 3.63) is 11.1 Å². The van der Waals surface area contributed by atoms with Gasteiger partial charge in [0.05, 0.1) is 6.10 Å². The number of halogens is 1. The Labute approximate surface area is 112 Å². The maximum Gasteiger partial charge on any atom is 0.180 e. The van der Waals surface area contributed by atoms with E-state index in [4.69, 9.17) is 5.73 Å². The van der Waals surface area contributed by atoms with Crippen LogP contribution in [-0.4, -0.2) is 34.7 Å². The summed E-state index contributed by atoms with van der Waals surface area (Å²) in [6.07, 6.45) is 5.01. The third kappa shape index (κ3) is 4.10. The second-order valence-electron chi connectivity index (χ2n) is 4.62. The average molecular weight is 278 g/mol. The minimum absolute atomic E-state index is 0. The summed E-state index contributed by atoms with van der Waals surface area (Å²) in [5, 5.41) is 10.4. The van der Waals surface area contributed by atoms with Crippen molar-refractivity contribution in [1.29, 1.82) is 0 Å². The van der Waals surface area contributed by atoms with Crippen LogP contribution in [0.15, 0.2) is 6.20 Å². The van der Waals surface area contributed by atoms with Gasteiger partial charge in [-0.15, -0.1) is 23.7 Å². The summed E-state index contributed by atoms with van der Waals surface area (Å²) in [7, 11) is 2.08. The Morgan fingerprint density at radius 1 is 1.59 bits per heavy atom. The maximum absolute atomic E-state index is 9.75. The highest BCUT2D eigenvalue weighted by Gasteiger charge is 2.26. The van der Waals surface area contributed by atoms with E-state index < -0.39 is 0 Å². The summed E-state index contributed by atoms with van der Waals surface area (Å²) in [5.74, 6) is 0.440. The Balaban J connectivity index is 0.00000144. The van der Waals surface area contributed by atoms with E-state index >= 15 is 0 Å². The van der Waals surface area contributed by atoms with Crippen molar-refractivity contribution < 1.29 is 5.11 Å². The second kappa shape index (κ2) is 6.54. The zero-order chi connectivity index (χ0) is 11.5. The maximum atomic E-state index is 9.75. The van der Waals surface area contributed by atoms with Crippen molar-refractivity contribution in [2.45, 2.75) is 31.9 Å². The third-order valence-electron chi connectivity index (χ3n) is 3.16. The van der Waals surface area contributed by atoms with Crippen molar-refractivity contribution in [2.75, 3.05) is 19.3 Å². The predicted molar refractivity (Wildman–Crippen MR) is 73.5 cm³/mol. The minimum Gasteiger partial charge on any atom is -0.393 e. The molecule has 0 aliphatic heterocycles.